The van der Waals surface area contributed by atoms with Gasteiger partial charge in [0.1, 0.15) is 0 Å². The van der Waals surface area contributed by atoms with Crippen LogP contribution < -0.4 is 11.5 Å². The predicted molar refractivity (Wildman–Crippen MR) is 47.9 cm³/mol. The van der Waals surface area contributed by atoms with Crippen molar-refractivity contribution in [2.75, 3.05) is 12.8 Å². The summed E-state index contributed by atoms with van der Waals surface area (Å²) in [5.74, 6) is -0.512. The van der Waals surface area contributed by atoms with E-state index in [1.54, 1.807) is 6.07 Å². The molecule has 0 saturated carbocycles. The first-order chi connectivity index (χ1) is 6.17. The van der Waals surface area contributed by atoms with Crippen LogP contribution in [0, 0.1) is 0 Å². The van der Waals surface area contributed by atoms with Crippen LogP contribution in [0.4, 0.5) is 5.69 Å². The molecule has 0 fully saturated rings. The van der Waals surface area contributed by atoms with Gasteiger partial charge in [-0.15, -0.1) is 0 Å². The fourth-order valence-corrected chi connectivity index (χ4v) is 0.925. The van der Waals surface area contributed by atoms with E-state index in [2.05, 4.69) is 9.72 Å². The Balaban J connectivity index is 3.08. The summed E-state index contributed by atoms with van der Waals surface area (Å²) in [6.07, 6.45) is 0. The average Bonchev–Trinajstić information content (AvgIpc) is 2.15. The Labute approximate surface area is 75.7 Å². The topological polar surface area (TPSA) is 91.2 Å². The van der Waals surface area contributed by atoms with Crippen molar-refractivity contribution in [1.29, 1.82) is 0 Å². The lowest BCUT2D eigenvalue weighted by Gasteiger charge is -2.02. The summed E-state index contributed by atoms with van der Waals surface area (Å²) in [5.41, 5.74) is 12.1. The lowest BCUT2D eigenvalue weighted by atomic mass is 10.2. The second-order valence-electron chi connectivity index (χ2n) is 2.47. The highest BCUT2D eigenvalue weighted by atomic mass is 16.5. The van der Waals surface area contributed by atoms with E-state index < -0.39 is 5.97 Å². The van der Waals surface area contributed by atoms with Crippen LogP contribution in [0.15, 0.2) is 12.1 Å². The van der Waals surface area contributed by atoms with Crippen LogP contribution in [-0.4, -0.2) is 18.1 Å². The zero-order valence-corrected chi connectivity index (χ0v) is 7.28. The number of carbonyl (C=O) groups excluding carboxylic acids is 1. The van der Waals surface area contributed by atoms with Crippen LogP contribution in [0.5, 0.6) is 0 Å². The first-order valence-corrected chi connectivity index (χ1v) is 3.72. The van der Waals surface area contributed by atoms with Crippen LogP contribution in [0.1, 0.15) is 16.2 Å². The molecule has 0 amide bonds. The second-order valence-corrected chi connectivity index (χ2v) is 2.47. The molecule has 1 aromatic rings. The molecule has 1 heterocycles. The minimum absolute atomic E-state index is 0.183. The number of ether oxygens (including phenoxy) is 1. The molecule has 5 nitrogen and oxygen atoms in total. The van der Waals surface area contributed by atoms with Gasteiger partial charge in [0.25, 0.3) is 0 Å². The average molecular weight is 181 g/mol. The first-order valence-electron chi connectivity index (χ1n) is 3.72. The first kappa shape index (κ1) is 9.47. The van der Waals surface area contributed by atoms with E-state index in [-0.39, 0.29) is 12.2 Å². The number of pyridine rings is 1. The zero-order chi connectivity index (χ0) is 9.84. The van der Waals surface area contributed by atoms with Gasteiger partial charge < -0.3 is 16.2 Å². The Morgan fingerprint density at radius 2 is 2.31 bits per heavy atom. The number of nitrogens with zero attached hydrogens (tertiary/aromatic N) is 1. The Kier molecular flexibility index (Phi) is 2.81. The molecule has 0 bridgehead atoms. The van der Waals surface area contributed by atoms with Crippen molar-refractivity contribution in [3.05, 3.63) is 23.5 Å². The standard InChI is InChI=1S/C8H11N3O2/c1-13-8(12)7-3-5(10)2-6(4-9)11-7/h2-3H,4,9H2,1H3,(H2,10,11). The number of nitrogen functional groups attached to an aromatic ring is 1. The molecule has 0 unspecified atom stereocenters. The number of esters is 1. The van der Waals surface area contributed by atoms with Crippen molar-refractivity contribution in [1.82, 2.24) is 4.98 Å². The smallest absolute Gasteiger partial charge is 0.356 e. The summed E-state index contributed by atoms with van der Waals surface area (Å²) in [6.45, 7) is 0.245. The van der Waals surface area contributed by atoms with Gasteiger partial charge in [0.15, 0.2) is 5.69 Å². The third-order valence-corrected chi connectivity index (χ3v) is 1.50. The molecule has 4 N–H and O–H groups in total. The van der Waals surface area contributed by atoms with Crippen molar-refractivity contribution < 1.29 is 9.53 Å². The summed E-state index contributed by atoms with van der Waals surface area (Å²) >= 11 is 0. The normalized spacial score (nSPS) is 9.69. The maximum atomic E-state index is 11.1. The van der Waals surface area contributed by atoms with E-state index >= 15 is 0 Å². The summed E-state index contributed by atoms with van der Waals surface area (Å²) in [6, 6.07) is 3.07. The molecule has 70 valence electrons. The number of rotatable bonds is 2. The van der Waals surface area contributed by atoms with E-state index in [0.29, 0.717) is 11.4 Å². The third kappa shape index (κ3) is 2.16. The molecule has 13 heavy (non-hydrogen) atoms. The van der Waals surface area contributed by atoms with E-state index in [1.807, 2.05) is 0 Å². The highest BCUT2D eigenvalue weighted by Crippen LogP contribution is 2.08. The molecule has 5 heteroatoms. The van der Waals surface area contributed by atoms with E-state index in [9.17, 15) is 4.79 Å². The Bertz CT molecular complexity index is 325. The monoisotopic (exact) mass is 181 g/mol. The Morgan fingerprint density at radius 3 is 2.85 bits per heavy atom. The molecule has 0 aliphatic heterocycles. The molecule has 0 aliphatic carbocycles. The Hall–Kier alpha value is -1.62. The van der Waals surface area contributed by atoms with Crippen molar-refractivity contribution in [3.63, 3.8) is 0 Å². The van der Waals surface area contributed by atoms with Crippen molar-refractivity contribution >= 4 is 11.7 Å². The van der Waals surface area contributed by atoms with Gasteiger partial charge in [-0.25, -0.2) is 9.78 Å². The zero-order valence-electron chi connectivity index (χ0n) is 7.28. The molecule has 0 radical (unpaired) electrons. The van der Waals surface area contributed by atoms with E-state index in [0.717, 1.165) is 0 Å². The molecule has 0 aliphatic rings. The largest absolute Gasteiger partial charge is 0.464 e. The van der Waals surface area contributed by atoms with Crippen molar-refractivity contribution in [3.8, 4) is 0 Å². The number of hydrogen-bond donors (Lipinski definition) is 2. The van der Waals surface area contributed by atoms with Crippen LogP contribution in [0.2, 0.25) is 0 Å². The van der Waals surface area contributed by atoms with Gasteiger partial charge in [-0.2, -0.15) is 0 Å². The SMILES string of the molecule is COC(=O)c1cc(N)cc(CN)n1. The molecular weight excluding hydrogens is 170 g/mol. The second kappa shape index (κ2) is 3.86. The maximum Gasteiger partial charge on any atom is 0.356 e. The highest BCUT2D eigenvalue weighted by Gasteiger charge is 2.08. The quantitative estimate of drug-likeness (QED) is 0.622. The van der Waals surface area contributed by atoms with Gasteiger partial charge in [-0.05, 0) is 12.1 Å². The molecule has 1 aromatic heterocycles. The van der Waals surface area contributed by atoms with Gasteiger partial charge in [-0.3, -0.25) is 0 Å². The summed E-state index contributed by atoms with van der Waals surface area (Å²) in [4.78, 5) is 15.0. The highest BCUT2D eigenvalue weighted by molar-refractivity contribution is 5.88. The van der Waals surface area contributed by atoms with Gasteiger partial charge in [0.2, 0.25) is 0 Å². The fourth-order valence-electron chi connectivity index (χ4n) is 0.925. The summed E-state index contributed by atoms with van der Waals surface area (Å²) in [5, 5.41) is 0. The lowest BCUT2D eigenvalue weighted by molar-refractivity contribution is 0.0594. The van der Waals surface area contributed by atoms with Crippen LogP contribution in [0.3, 0.4) is 0 Å². The molecule has 0 spiro atoms. The number of methoxy groups -OCH3 is 1. The lowest BCUT2D eigenvalue weighted by Crippen LogP contribution is -2.09. The fraction of sp³-hybridized carbons (Fsp3) is 0.250. The van der Waals surface area contributed by atoms with E-state index in [4.69, 9.17) is 11.5 Å². The van der Waals surface area contributed by atoms with E-state index in [1.165, 1.54) is 13.2 Å². The van der Waals surface area contributed by atoms with Crippen LogP contribution in [-0.2, 0) is 11.3 Å². The minimum atomic E-state index is -0.512. The number of hydrogen-bond acceptors (Lipinski definition) is 5. The van der Waals surface area contributed by atoms with Gasteiger partial charge in [-0.1, -0.05) is 0 Å². The van der Waals surface area contributed by atoms with Crippen molar-refractivity contribution in [2.24, 2.45) is 5.73 Å². The van der Waals surface area contributed by atoms with Gasteiger partial charge >= 0.3 is 5.97 Å². The van der Waals surface area contributed by atoms with Gasteiger partial charge in [0, 0.05) is 12.2 Å². The maximum absolute atomic E-state index is 11.1. The molecule has 1 rings (SSSR count). The molecule has 0 saturated heterocycles. The number of anilines is 1. The number of carbonyl (C=O) groups is 1. The summed E-state index contributed by atoms with van der Waals surface area (Å²) in [7, 11) is 1.29. The minimum Gasteiger partial charge on any atom is -0.464 e. The number of aromatic nitrogens is 1. The van der Waals surface area contributed by atoms with Gasteiger partial charge in [0.05, 0.1) is 12.8 Å². The van der Waals surface area contributed by atoms with Crippen LogP contribution >= 0.6 is 0 Å². The summed E-state index contributed by atoms with van der Waals surface area (Å²) < 4.78 is 4.49. The van der Waals surface area contributed by atoms with Crippen LogP contribution in [0.25, 0.3) is 0 Å². The van der Waals surface area contributed by atoms with Crippen molar-refractivity contribution in [2.45, 2.75) is 6.54 Å². The molecule has 0 atom stereocenters. The predicted octanol–water partition coefficient (Wildman–Crippen LogP) is -0.0909. The third-order valence-electron chi connectivity index (χ3n) is 1.50. The number of nitrogens with two attached hydrogens (primary N) is 2. The molecule has 0 aromatic carbocycles. The Morgan fingerprint density at radius 1 is 1.62 bits per heavy atom. The molecular formula is C8H11N3O2.